The molecular formula is C16H16N2O2S. The summed E-state index contributed by atoms with van der Waals surface area (Å²) < 4.78 is 6.44. The molecule has 2 heterocycles. The summed E-state index contributed by atoms with van der Waals surface area (Å²) >= 11 is 1.65. The average molecular weight is 300 g/mol. The number of benzene rings is 1. The molecule has 0 radical (unpaired) electrons. The summed E-state index contributed by atoms with van der Waals surface area (Å²) in [5, 5.41) is 3.93. The third-order valence-electron chi connectivity index (χ3n) is 3.25. The molecule has 108 valence electrons. The highest BCUT2D eigenvalue weighted by molar-refractivity contribution is 7.18. The van der Waals surface area contributed by atoms with Crippen molar-refractivity contribution in [3.63, 3.8) is 0 Å². The number of fused-ring (bicyclic) bond motifs is 1. The third kappa shape index (κ3) is 3.31. The van der Waals surface area contributed by atoms with Gasteiger partial charge in [-0.05, 0) is 31.2 Å². The Morgan fingerprint density at radius 2 is 2.19 bits per heavy atom. The van der Waals surface area contributed by atoms with Crippen molar-refractivity contribution >= 4 is 27.5 Å². The van der Waals surface area contributed by atoms with Crippen molar-refractivity contribution in [3.05, 3.63) is 53.4 Å². The highest BCUT2D eigenvalue weighted by Crippen LogP contribution is 2.22. The van der Waals surface area contributed by atoms with E-state index in [1.807, 2.05) is 37.3 Å². The maximum atomic E-state index is 12.0. The number of nitrogens with zero attached hydrogens (tertiary/aromatic N) is 1. The first-order valence-corrected chi connectivity index (χ1v) is 7.71. The van der Waals surface area contributed by atoms with Gasteiger partial charge in [0.2, 0.25) is 5.91 Å². The highest BCUT2D eigenvalue weighted by Gasteiger charge is 2.12. The molecule has 0 saturated heterocycles. The molecule has 0 bridgehead atoms. The van der Waals surface area contributed by atoms with Crippen LogP contribution in [0.5, 0.6) is 0 Å². The van der Waals surface area contributed by atoms with Crippen molar-refractivity contribution in [1.29, 1.82) is 0 Å². The van der Waals surface area contributed by atoms with Crippen molar-refractivity contribution in [3.8, 4) is 0 Å². The monoisotopic (exact) mass is 300 g/mol. The van der Waals surface area contributed by atoms with Gasteiger partial charge < -0.3 is 9.73 Å². The van der Waals surface area contributed by atoms with Gasteiger partial charge in [0.25, 0.3) is 0 Å². The molecule has 0 aliphatic rings. The van der Waals surface area contributed by atoms with Crippen LogP contribution in [0.2, 0.25) is 0 Å². The number of aryl methyl sites for hydroxylation is 1. The van der Waals surface area contributed by atoms with Crippen molar-refractivity contribution in [1.82, 2.24) is 10.3 Å². The minimum absolute atomic E-state index is 0.0122. The van der Waals surface area contributed by atoms with Gasteiger partial charge in [-0.1, -0.05) is 12.1 Å². The number of rotatable bonds is 5. The summed E-state index contributed by atoms with van der Waals surface area (Å²) in [4.78, 5) is 16.5. The number of amides is 1. The number of hydrogen-bond acceptors (Lipinski definition) is 4. The van der Waals surface area contributed by atoms with E-state index in [4.69, 9.17) is 4.42 Å². The molecule has 0 saturated carbocycles. The molecule has 3 rings (SSSR count). The number of furan rings is 1. The van der Waals surface area contributed by atoms with E-state index in [2.05, 4.69) is 16.4 Å². The van der Waals surface area contributed by atoms with Crippen LogP contribution >= 0.6 is 11.3 Å². The van der Waals surface area contributed by atoms with E-state index < -0.39 is 0 Å². The molecule has 0 aliphatic carbocycles. The fourth-order valence-electron chi connectivity index (χ4n) is 2.17. The minimum atomic E-state index is -0.108. The van der Waals surface area contributed by atoms with Gasteiger partial charge in [-0.25, -0.2) is 4.98 Å². The van der Waals surface area contributed by atoms with Gasteiger partial charge in [-0.2, -0.15) is 0 Å². The lowest BCUT2D eigenvalue weighted by Crippen LogP contribution is -2.26. The molecule has 0 spiro atoms. The highest BCUT2D eigenvalue weighted by atomic mass is 32.1. The molecule has 5 heteroatoms. The van der Waals surface area contributed by atoms with Gasteiger partial charge in [0.05, 0.1) is 27.5 Å². The van der Waals surface area contributed by atoms with Gasteiger partial charge in [0, 0.05) is 12.8 Å². The van der Waals surface area contributed by atoms with E-state index >= 15 is 0 Å². The Morgan fingerprint density at radius 3 is 2.95 bits per heavy atom. The lowest BCUT2D eigenvalue weighted by Gasteiger charge is -2.10. The summed E-state index contributed by atoms with van der Waals surface area (Å²) in [5.41, 5.74) is 1.00. The number of para-hydroxylation sites is 1. The second-order valence-electron chi connectivity index (χ2n) is 4.88. The van der Waals surface area contributed by atoms with Crippen LogP contribution in [-0.4, -0.2) is 10.9 Å². The zero-order valence-corrected chi connectivity index (χ0v) is 12.5. The molecule has 4 nitrogen and oxygen atoms in total. The smallest absolute Gasteiger partial charge is 0.220 e. The fraction of sp³-hybridized carbons (Fsp3) is 0.250. The van der Waals surface area contributed by atoms with Crippen molar-refractivity contribution in [2.24, 2.45) is 0 Å². The number of nitrogens with one attached hydrogen (secondary N) is 1. The minimum Gasteiger partial charge on any atom is -0.467 e. The first kappa shape index (κ1) is 13.8. The molecule has 1 N–H and O–H groups in total. The Bertz CT molecular complexity index is 701. The van der Waals surface area contributed by atoms with Gasteiger partial charge in [-0.15, -0.1) is 11.3 Å². The zero-order chi connectivity index (χ0) is 14.7. The molecule has 0 unspecified atom stereocenters. The number of carbonyl (C=O) groups is 1. The molecule has 0 fully saturated rings. The second-order valence-corrected chi connectivity index (χ2v) is 6.00. The Hall–Kier alpha value is -2.14. The van der Waals surface area contributed by atoms with Gasteiger partial charge in [0.15, 0.2) is 0 Å². The number of thiazole rings is 1. The largest absolute Gasteiger partial charge is 0.467 e. The number of aromatic nitrogens is 1. The summed E-state index contributed by atoms with van der Waals surface area (Å²) in [6.45, 7) is 1.91. The molecule has 2 aromatic heterocycles. The van der Waals surface area contributed by atoms with Crippen molar-refractivity contribution in [2.75, 3.05) is 0 Å². The number of carbonyl (C=O) groups excluding carboxylic acids is 1. The van der Waals surface area contributed by atoms with Crippen LogP contribution in [-0.2, 0) is 11.2 Å². The molecule has 0 aliphatic heterocycles. The van der Waals surface area contributed by atoms with E-state index in [9.17, 15) is 4.79 Å². The van der Waals surface area contributed by atoms with Crippen molar-refractivity contribution in [2.45, 2.75) is 25.8 Å². The Kier molecular flexibility index (Phi) is 4.01. The van der Waals surface area contributed by atoms with Crippen molar-refractivity contribution < 1.29 is 9.21 Å². The van der Waals surface area contributed by atoms with Crippen LogP contribution in [0.4, 0.5) is 0 Å². The maximum Gasteiger partial charge on any atom is 0.220 e. The third-order valence-corrected chi connectivity index (χ3v) is 4.35. The average Bonchev–Trinajstić information content (AvgIpc) is 3.14. The van der Waals surface area contributed by atoms with E-state index in [-0.39, 0.29) is 11.9 Å². The van der Waals surface area contributed by atoms with E-state index in [1.54, 1.807) is 17.6 Å². The summed E-state index contributed by atoms with van der Waals surface area (Å²) in [5.74, 6) is 0.779. The lowest BCUT2D eigenvalue weighted by molar-refractivity contribution is -0.121. The standard InChI is InChI=1S/C16H16N2O2S/c1-11(13-6-4-10-20-13)17-15(19)8-9-16-18-12-5-2-3-7-14(12)21-16/h2-7,10-11H,8-9H2,1H3,(H,17,19)/t11-/m1/s1. The van der Waals surface area contributed by atoms with Crippen LogP contribution in [0.3, 0.4) is 0 Å². The van der Waals surface area contributed by atoms with Crippen LogP contribution in [0.25, 0.3) is 10.2 Å². The van der Waals surface area contributed by atoms with Gasteiger partial charge in [-0.3, -0.25) is 4.79 Å². The Labute approximate surface area is 126 Å². The number of hydrogen-bond donors (Lipinski definition) is 1. The molecule has 3 aromatic rings. The van der Waals surface area contributed by atoms with Crippen LogP contribution in [0.15, 0.2) is 47.1 Å². The first-order chi connectivity index (χ1) is 10.2. The quantitative estimate of drug-likeness (QED) is 0.781. The normalized spacial score (nSPS) is 12.4. The first-order valence-electron chi connectivity index (χ1n) is 6.89. The summed E-state index contributed by atoms with van der Waals surface area (Å²) in [6.07, 6.45) is 2.71. The predicted molar refractivity (Wildman–Crippen MR) is 83.2 cm³/mol. The summed E-state index contributed by atoms with van der Waals surface area (Å²) in [7, 11) is 0. The Morgan fingerprint density at radius 1 is 1.33 bits per heavy atom. The van der Waals surface area contributed by atoms with Crippen LogP contribution < -0.4 is 5.32 Å². The van der Waals surface area contributed by atoms with E-state index in [0.717, 1.165) is 21.0 Å². The Balaban J connectivity index is 1.56. The maximum absolute atomic E-state index is 12.0. The van der Waals surface area contributed by atoms with E-state index in [0.29, 0.717) is 12.8 Å². The van der Waals surface area contributed by atoms with Gasteiger partial charge >= 0.3 is 0 Å². The molecule has 21 heavy (non-hydrogen) atoms. The van der Waals surface area contributed by atoms with Crippen LogP contribution in [0, 0.1) is 0 Å². The molecule has 1 amide bonds. The zero-order valence-electron chi connectivity index (χ0n) is 11.7. The summed E-state index contributed by atoms with van der Waals surface area (Å²) in [6, 6.07) is 11.6. The second kappa shape index (κ2) is 6.10. The molecule has 1 atom stereocenters. The fourth-order valence-corrected chi connectivity index (χ4v) is 3.14. The molecule has 1 aromatic carbocycles. The van der Waals surface area contributed by atoms with Gasteiger partial charge in [0.1, 0.15) is 5.76 Å². The lowest BCUT2D eigenvalue weighted by atomic mass is 10.2. The molecular weight excluding hydrogens is 284 g/mol. The topological polar surface area (TPSA) is 55.1 Å². The predicted octanol–water partition coefficient (Wildman–Crippen LogP) is 3.70. The van der Waals surface area contributed by atoms with E-state index in [1.165, 1.54) is 0 Å². The SMILES string of the molecule is C[C@@H](NC(=O)CCc1nc2ccccc2s1)c1ccco1. The van der Waals surface area contributed by atoms with Crippen LogP contribution in [0.1, 0.15) is 30.2 Å².